The van der Waals surface area contributed by atoms with Gasteiger partial charge in [-0.2, -0.15) is 0 Å². The maximum absolute atomic E-state index is 5.64. The molecule has 0 unspecified atom stereocenters. The van der Waals surface area contributed by atoms with Gasteiger partial charge in [-0.3, -0.25) is 0 Å². The van der Waals surface area contributed by atoms with E-state index in [1.165, 1.54) is 0 Å². The van der Waals surface area contributed by atoms with Crippen molar-refractivity contribution in [3.05, 3.63) is 42.5 Å². The molecule has 0 aliphatic rings. The topological polar surface area (TPSA) is 68.5 Å². The monoisotopic (exact) mass is 303 g/mol. The zero-order valence-corrected chi connectivity index (χ0v) is 12.7. The summed E-state index contributed by atoms with van der Waals surface area (Å²) in [6, 6.07) is 12.8. The third-order valence-corrected chi connectivity index (χ3v) is 2.98. The van der Waals surface area contributed by atoms with E-state index in [2.05, 4.69) is 10.6 Å². The first-order valence-corrected chi connectivity index (χ1v) is 6.68. The molecule has 0 heterocycles. The molecule has 0 atom stereocenters. The number of benzene rings is 2. The van der Waals surface area contributed by atoms with Gasteiger partial charge in [0.25, 0.3) is 0 Å². The number of nitrogens with one attached hydrogen (secondary N) is 2. The Balaban J connectivity index is 2.06. The van der Waals surface area contributed by atoms with Crippen molar-refractivity contribution < 1.29 is 9.47 Å². The molecule has 0 spiro atoms. The van der Waals surface area contributed by atoms with E-state index in [0.717, 1.165) is 11.4 Å². The van der Waals surface area contributed by atoms with Crippen LogP contribution in [0.2, 0.25) is 0 Å². The van der Waals surface area contributed by atoms with Gasteiger partial charge >= 0.3 is 0 Å². The van der Waals surface area contributed by atoms with Gasteiger partial charge in [0.1, 0.15) is 11.5 Å². The Kier molecular flexibility index (Phi) is 4.84. The first kappa shape index (κ1) is 14.9. The van der Waals surface area contributed by atoms with E-state index in [1.807, 2.05) is 24.3 Å². The molecular weight excluding hydrogens is 286 g/mol. The highest BCUT2D eigenvalue weighted by Gasteiger charge is 2.04. The van der Waals surface area contributed by atoms with Gasteiger partial charge in [-0.1, -0.05) is 0 Å². The maximum atomic E-state index is 5.64. The zero-order valence-electron chi connectivity index (χ0n) is 11.8. The number of hydrogen-bond donors (Lipinski definition) is 3. The molecule has 0 saturated carbocycles. The second-order valence-electron chi connectivity index (χ2n) is 4.30. The largest absolute Gasteiger partial charge is 0.497 e. The van der Waals surface area contributed by atoms with Crippen molar-refractivity contribution >= 4 is 34.4 Å². The van der Waals surface area contributed by atoms with Gasteiger partial charge in [-0.05, 0) is 36.5 Å². The molecular formula is C15H17N3O2S. The smallest absolute Gasteiger partial charge is 0.175 e. The third-order valence-electron chi connectivity index (χ3n) is 2.78. The van der Waals surface area contributed by atoms with Crippen LogP contribution in [0.25, 0.3) is 0 Å². The first-order chi connectivity index (χ1) is 10.1. The van der Waals surface area contributed by atoms with E-state index in [4.69, 9.17) is 27.4 Å². The normalized spacial score (nSPS) is 9.81. The summed E-state index contributed by atoms with van der Waals surface area (Å²) in [4.78, 5) is 0. The molecule has 2 aromatic rings. The summed E-state index contributed by atoms with van der Waals surface area (Å²) in [6.07, 6.45) is 0. The lowest BCUT2D eigenvalue weighted by Crippen LogP contribution is -2.19. The molecule has 0 aromatic heterocycles. The van der Waals surface area contributed by atoms with Crippen LogP contribution < -0.4 is 25.8 Å². The third kappa shape index (κ3) is 4.25. The van der Waals surface area contributed by atoms with Crippen molar-refractivity contribution in [1.29, 1.82) is 0 Å². The van der Waals surface area contributed by atoms with Crippen molar-refractivity contribution in [2.75, 3.05) is 30.6 Å². The summed E-state index contributed by atoms with van der Waals surface area (Å²) in [6.45, 7) is 0. The summed E-state index contributed by atoms with van der Waals surface area (Å²) < 4.78 is 10.4. The second-order valence-corrected chi connectivity index (χ2v) is 4.71. The van der Waals surface area contributed by atoms with Crippen LogP contribution in [0.15, 0.2) is 42.5 Å². The zero-order chi connectivity index (χ0) is 15.2. The predicted octanol–water partition coefficient (Wildman–Crippen LogP) is 3.09. The fourth-order valence-electron chi connectivity index (χ4n) is 1.74. The molecule has 0 aliphatic heterocycles. The molecule has 0 fully saturated rings. The minimum Gasteiger partial charge on any atom is -0.497 e. The van der Waals surface area contributed by atoms with Crippen LogP contribution in [0.1, 0.15) is 0 Å². The van der Waals surface area contributed by atoms with Gasteiger partial charge in [0.2, 0.25) is 0 Å². The predicted molar refractivity (Wildman–Crippen MR) is 90.2 cm³/mol. The SMILES string of the molecule is COc1cc(NC(=S)Nc2ccc(N)cc2)cc(OC)c1. The molecule has 0 amide bonds. The molecule has 0 bridgehead atoms. The molecule has 4 N–H and O–H groups in total. The summed E-state index contributed by atoms with van der Waals surface area (Å²) in [5.41, 5.74) is 7.98. The molecule has 6 heteroatoms. The summed E-state index contributed by atoms with van der Waals surface area (Å²) in [5, 5.41) is 6.63. The Morgan fingerprint density at radius 2 is 1.43 bits per heavy atom. The highest BCUT2D eigenvalue weighted by molar-refractivity contribution is 7.80. The Bertz CT molecular complexity index is 607. The van der Waals surface area contributed by atoms with Crippen LogP contribution >= 0.6 is 12.2 Å². The molecule has 5 nitrogen and oxygen atoms in total. The highest BCUT2D eigenvalue weighted by atomic mass is 32.1. The summed E-state index contributed by atoms with van der Waals surface area (Å²) >= 11 is 5.27. The van der Waals surface area contributed by atoms with Gasteiger partial charge in [0.15, 0.2) is 5.11 Å². The van der Waals surface area contributed by atoms with Gasteiger partial charge < -0.3 is 25.8 Å². The molecule has 21 heavy (non-hydrogen) atoms. The number of nitrogen functional groups attached to an aromatic ring is 1. The average Bonchev–Trinajstić information content (AvgIpc) is 2.49. The standard InChI is InChI=1S/C15H17N3O2S/c1-19-13-7-12(8-14(9-13)20-2)18-15(21)17-11-5-3-10(16)4-6-11/h3-9H,16H2,1-2H3,(H2,17,18,21). The number of rotatable bonds is 4. The number of hydrogen-bond acceptors (Lipinski definition) is 4. The van der Waals surface area contributed by atoms with E-state index < -0.39 is 0 Å². The minimum atomic E-state index is 0.468. The Hall–Kier alpha value is -2.47. The van der Waals surface area contributed by atoms with Crippen molar-refractivity contribution in [3.8, 4) is 11.5 Å². The number of thiocarbonyl (C=S) groups is 1. The fraction of sp³-hybridized carbons (Fsp3) is 0.133. The Morgan fingerprint density at radius 1 is 0.905 bits per heavy atom. The van der Waals surface area contributed by atoms with Crippen molar-refractivity contribution in [3.63, 3.8) is 0 Å². The minimum absolute atomic E-state index is 0.468. The van der Waals surface area contributed by atoms with Crippen LogP contribution in [-0.2, 0) is 0 Å². The van der Waals surface area contributed by atoms with Crippen molar-refractivity contribution in [1.82, 2.24) is 0 Å². The van der Waals surface area contributed by atoms with Gasteiger partial charge in [-0.15, -0.1) is 0 Å². The van der Waals surface area contributed by atoms with Gasteiger partial charge in [0.05, 0.1) is 14.2 Å². The number of anilines is 3. The number of nitrogens with two attached hydrogens (primary N) is 1. The maximum Gasteiger partial charge on any atom is 0.175 e. The molecule has 110 valence electrons. The quantitative estimate of drug-likeness (QED) is 0.596. The van der Waals surface area contributed by atoms with Crippen molar-refractivity contribution in [2.45, 2.75) is 0 Å². The van der Waals surface area contributed by atoms with E-state index in [1.54, 1.807) is 32.4 Å². The van der Waals surface area contributed by atoms with E-state index >= 15 is 0 Å². The molecule has 0 radical (unpaired) electrons. The average molecular weight is 303 g/mol. The second kappa shape index (κ2) is 6.81. The van der Waals surface area contributed by atoms with Crippen LogP contribution in [0.3, 0.4) is 0 Å². The van der Waals surface area contributed by atoms with Crippen LogP contribution in [0.4, 0.5) is 17.1 Å². The Morgan fingerprint density at radius 3 is 1.95 bits per heavy atom. The highest BCUT2D eigenvalue weighted by Crippen LogP contribution is 2.25. The lowest BCUT2D eigenvalue weighted by Gasteiger charge is -2.13. The lowest BCUT2D eigenvalue weighted by atomic mass is 10.2. The van der Waals surface area contributed by atoms with Crippen LogP contribution in [0, 0.1) is 0 Å². The lowest BCUT2D eigenvalue weighted by molar-refractivity contribution is 0.395. The summed E-state index contributed by atoms with van der Waals surface area (Å²) in [5.74, 6) is 1.37. The molecule has 0 saturated heterocycles. The van der Waals surface area contributed by atoms with Gasteiger partial charge in [0, 0.05) is 35.3 Å². The Labute approximate surface area is 129 Å². The number of methoxy groups -OCH3 is 2. The molecule has 2 aromatic carbocycles. The summed E-state index contributed by atoms with van der Waals surface area (Å²) in [7, 11) is 3.20. The fourth-order valence-corrected chi connectivity index (χ4v) is 1.98. The van der Waals surface area contributed by atoms with Crippen LogP contribution in [-0.4, -0.2) is 19.3 Å². The van der Waals surface area contributed by atoms with E-state index in [9.17, 15) is 0 Å². The van der Waals surface area contributed by atoms with E-state index in [0.29, 0.717) is 22.3 Å². The molecule has 0 aliphatic carbocycles. The first-order valence-electron chi connectivity index (χ1n) is 6.27. The molecule has 2 rings (SSSR count). The van der Waals surface area contributed by atoms with E-state index in [-0.39, 0.29) is 0 Å². The van der Waals surface area contributed by atoms with Gasteiger partial charge in [-0.25, -0.2) is 0 Å². The van der Waals surface area contributed by atoms with Crippen molar-refractivity contribution in [2.24, 2.45) is 0 Å². The number of ether oxygens (including phenoxy) is 2. The van der Waals surface area contributed by atoms with Crippen LogP contribution in [0.5, 0.6) is 11.5 Å².